The van der Waals surface area contributed by atoms with E-state index in [-0.39, 0.29) is 11.9 Å². The maximum absolute atomic E-state index is 13.1. The lowest BCUT2D eigenvalue weighted by molar-refractivity contribution is 0.616. The van der Waals surface area contributed by atoms with E-state index in [4.69, 9.17) is 11.6 Å². The number of nitrogens with zero attached hydrogens (tertiary/aromatic N) is 2. The van der Waals surface area contributed by atoms with Gasteiger partial charge in [0.2, 0.25) is 0 Å². The van der Waals surface area contributed by atoms with Gasteiger partial charge in [-0.05, 0) is 37.1 Å². The van der Waals surface area contributed by atoms with Crippen molar-refractivity contribution in [3.8, 4) is 0 Å². The van der Waals surface area contributed by atoms with Crippen molar-refractivity contribution >= 4 is 17.3 Å². The molecule has 2 aromatic heterocycles. The molecule has 1 atom stereocenters. The molecule has 2 heterocycles. The van der Waals surface area contributed by atoms with Crippen molar-refractivity contribution in [3.05, 3.63) is 52.8 Å². The van der Waals surface area contributed by atoms with Crippen molar-refractivity contribution < 1.29 is 4.39 Å². The first-order valence-electron chi connectivity index (χ1n) is 5.55. The minimum absolute atomic E-state index is 0.103. The smallest absolute Gasteiger partial charge is 0.152 e. The third-order valence-electron chi connectivity index (χ3n) is 2.57. The van der Waals surface area contributed by atoms with Gasteiger partial charge >= 0.3 is 0 Å². The van der Waals surface area contributed by atoms with Crippen LogP contribution in [0.5, 0.6) is 0 Å². The molecule has 0 aliphatic rings. The van der Waals surface area contributed by atoms with Crippen LogP contribution in [-0.2, 0) is 0 Å². The van der Waals surface area contributed by atoms with E-state index in [9.17, 15) is 4.39 Å². The summed E-state index contributed by atoms with van der Waals surface area (Å²) >= 11 is 6.00. The first-order chi connectivity index (χ1) is 8.56. The highest BCUT2D eigenvalue weighted by atomic mass is 35.5. The summed E-state index contributed by atoms with van der Waals surface area (Å²) in [5, 5.41) is 3.59. The molecule has 5 heteroatoms. The molecule has 0 aliphatic heterocycles. The summed E-state index contributed by atoms with van der Waals surface area (Å²) in [5.41, 5.74) is 2.49. The van der Waals surface area contributed by atoms with Gasteiger partial charge in [-0.15, -0.1) is 0 Å². The molecule has 0 saturated heterocycles. The normalized spacial score (nSPS) is 12.2. The molecular formula is C13H13ClFN3. The first-order valence-corrected chi connectivity index (χ1v) is 5.93. The Morgan fingerprint density at radius 3 is 2.78 bits per heavy atom. The number of pyridine rings is 2. The monoisotopic (exact) mass is 265 g/mol. The van der Waals surface area contributed by atoms with Gasteiger partial charge in [-0.2, -0.15) is 0 Å². The average Bonchev–Trinajstić information content (AvgIpc) is 2.34. The molecule has 0 saturated carbocycles. The minimum Gasteiger partial charge on any atom is -0.376 e. The molecule has 2 rings (SSSR count). The van der Waals surface area contributed by atoms with Crippen LogP contribution in [0.15, 0.2) is 30.7 Å². The van der Waals surface area contributed by atoms with Crippen LogP contribution in [0.4, 0.5) is 10.1 Å². The number of hydrogen-bond acceptors (Lipinski definition) is 3. The van der Waals surface area contributed by atoms with Crippen molar-refractivity contribution in [1.82, 2.24) is 9.97 Å². The minimum atomic E-state index is -0.352. The Kier molecular flexibility index (Phi) is 3.77. The van der Waals surface area contributed by atoms with Crippen LogP contribution >= 0.6 is 11.6 Å². The van der Waals surface area contributed by atoms with Crippen LogP contribution in [0, 0.1) is 12.7 Å². The van der Waals surface area contributed by atoms with Gasteiger partial charge in [0.15, 0.2) is 5.15 Å². The second-order valence-corrected chi connectivity index (χ2v) is 4.51. The Morgan fingerprint density at radius 2 is 2.06 bits per heavy atom. The van der Waals surface area contributed by atoms with Crippen LogP contribution in [0.1, 0.15) is 24.1 Å². The molecule has 0 fully saturated rings. The van der Waals surface area contributed by atoms with Crippen molar-refractivity contribution in [3.63, 3.8) is 0 Å². The number of hydrogen-bond donors (Lipinski definition) is 1. The number of aryl methyl sites for hydroxylation is 1. The van der Waals surface area contributed by atoms with Crippen molar-refractivity contribution in [2.45, 2.75) is 19.9 Å². The summed E-state index contributed by atoms with van der Waals surface area (Å²) in [6, 6.07) is 3.25. The topological polar surface area (TPSA) is 37.8 Å². The highest BCUT2D eigenvalue weighted by Crippen LogP contribution is 2.25. The number of anilines is 1. The first kappa shape index (κ1) is 12.8. The predicted octanol–water partition coefficient (Wildman–Crippen LogP) is 3.75. The predicted molar refractivity (Wildman–Crippen MR) is 70.2 cm³/mol. The molecule has 94 valence electrons. The molecule has 0 bridgehead atoms. The molecule has 0 amide bonds. The summed E-state index contributed by atoms with van der Waals surface area (Å²) in [5.74, 6) is -0.352. The number of nitrogens with one attached hydrogen (secondary N) is 1. The zero-order valence-corrected chi connectivity index (χ0v) is 10.9. The van der Waals surface area contributed by atoms with E-state index in [0.29, 0.717) is 5.15 Å². The Balaban J connectivity index is 2.21. The van der Waals surface area contributed by atoms with Crippen molar-refractivity contribution in [2.75, 3.05) is 5.32 Å². The van der Waals surface area contributed by atoms with Gasteiger partial charge in [-0.3, -0.25) is 4.98 Å². The van der Waals surface area contributed by atoms with E-state index in [0.717, 1.165) is 16.8 Å². The van der Waals surface area contributed by atoms with Gasteiger partial charge in [-0.1, -0.05) is 11.6 Å². The molecule has 0 aromatic carbocycles. The molecule has 0 spiro atoms. The van der Waals surface area contributed by atoms with Gasteiger partial charge in [0.05, 0.1) is 17.9 Å². The van der Waals surface area contributed by atoms with Gasteiger partial charge in [0, 0.05) is 12.4 Å². The second kappa shape index (κ2) is 5.31. The lowest BCUT2D eigenvalue weighted by Crippen LogP contribution is -2.08. The van der Waals surface area contributed by atoms with Crippen LogP contribution < -0.4 is 5.32 Å². The molecular weight excluding hydrogens is 253 g/mol. The zero-order chi connectivity index (χ0) is 13.1. The van der Waals surface area contributed by atoms with Gasteiger partial charge in [0.25, 0.3) is 0 Å². The summed E-state index contributed by atoms with van der Waals surface area (Å²) < 4.78 is 13.1. The van der Waals surface area contributed by atoms with Gasteiger partial charge < -0.3 is 5.32 Å². The van der Waals surface area contributed by atoms with E-state index in [1.807, 2.05) is 19.9 Å². The number of aromatic nitrogens is 2. The quantitative estimate of drug-likeness (QED) is 0.859. The van der Waals surface area contributed by atoms with Gasteiger partial charge in [0.1, 0.15) is 5.82 Å². The average molecular weight is 266 g/mol. The zero-order valence-electron chi connectivity index (χ0n) is 10.1. The highest BCUT2D eigenvalue weighted by molar-refractivity contribution is 6.31. The van der Waals surface area contributed by atoms with Crippen LogP contribution in [-0.4, -0.2) is 9.97 Å². The van der Waals surface area contributed by atoms with E-state index in [1.54, 1.807) is 12.4 Å². The van der Waals surface area contributed by atoms with Crippen molar-refractivity contribution in [1.29, 1.82) is 0 Å². The summed E-state index contributed by atoms with van der Waals surface area (Å²) in [6.45, 7) is 3.85. The summed E-state index contributed by atoms with van der Waals surface area (Å²) in [6.07, 6.45) is 4.50. The van der Waals surface area contributed by atoms with E-state index >= 15 is 0 Å². The largest absolute Gasteiger partial charge is 0.376 e. The summed E-state index contributed by atoms with van der Waals surface area (Å²) in [7, 11) is 0. The molecule has 3 nitrogen and oxygen atoms in total. The molecule has 2 aromatic rings. The molecule has 1 unspecified atom stereocenters. The van der Waals surface area contributed by atoms with Crippen LogP contribution in [0.2, 0.25) is 5.15 Å². The Morgan fingerprint density at radius 1 is 1.28 bits per heavy atom. The third-order valence-corrected chi connectivity index (χ3v) is 2.88. The van der Waals surface area contributed by atoms with Crippen LogP contribution in [0.3, 0.4) is 0 Å². The Bertz CT molecular complexity index is 560. The fourth-order valence-electron chi connectivity index (χ4n) is 1.64. The second-order valence-electron chi connectivity index (χ2n) is 4.15. The lowest BCUT2D eigenvalue weighted by atomic mass is 10.1. The maximum Gasteiger partial charge on any atom is 0.152 e. The van der Waals surface area contributed by atoms with E-state index < -0.39 is 0 Å². The molecule has 0 radical (unpaired) electrons. The highest BCUT2D eigenvalue weighted by Gasteiger charge is 2.09. The Hall–Kier alpha value is -1.68. The molecule has 1 N–H and O–H groups in total. The molecule has 18 heavy (non-hydrogen) atoms. The van der Waals surface area contributed by atoms with E-state index in [2.05, 4.69) is 15.3 Å². The molecule has 0 aliphatic carbocycles. The fraction of sp³-hybridized carbons (Fsp3) is 0.231. The number of halogens is 2. The fourth-order valence-corrected chi connectivity index (χ4v) is 1.79. The maximum atomic E-state index is 13.1. The van der Waals surface area contributed by atoms with Gasteiger partial charge in [-0.25, -0.2) is 9.37 Å². The summed E-state index contributed by atoms with van der Waals surface area (Å²) in [4.78, 5) is 7.88. The number of rotatable bonds is 3. The van der Waals surface area contributed by atoms with Crippen LogP contribution in [0.25, 0.3) is 0 Å². The third kappa shape index (κ3) is 2.96. The lowest BCUT2D eigenvalue weighted by Gasteiger charge is -2.16. The van der Waals surface area contributed by atoms with Crippen molar-refractivity contribution in [2.24, 2.45) is 0 Å². The SMILES string of the molecule is Cc1cnc(Cl)c(NC(C)c2cncc(F)c2)c1. The standard InChI is InChI=1S/C13H13ClFN3/c1-8-3-12(13(14)17-5-8)18-9(2)10-4-11(15)7-16-6-10/h3-7,9,18H,1-2H3. The van der Waals surface area contributed by atoms with E-state index in [1.165, 1.54) is 12.3 Å². The Labute approximate surface area is 110 Å².